The molecule has 0 unspecified atom stereocenters. The third-order valence-electron chi connectivity index (χ3n) is 2.61. The third kappa shape index (κ3) is 1.92. The molecule has 0 aliphatic carbocycles. The number of nitrogens with two attached hydrogens (primary N) is 1. The fourth-order valence-corrected chi connectivity index (χ4v) is 1.68. The SMILES string of the molecule is CC1(c2cccc(NN)c(=O)c2)OCCO1. The van der Waals surface area contributed by atoms with Crippen LogP contribution in [0.1, 0.15) is 12.5 Å². The maximum absolute atomic E-state index is 11.7. The van der Waals surface area contributed by atoms with Crippen LogP contribution in [0.3, 0.4) is 0 Å². The number of nitrogens with one attached hydrogen (secondary N) is 1. The Balaban J connectivity index is 2.47. The van der Waals surface area contributed by atoms with E-state index < -0.39 is 5.79 Å². The molecule has 1 saturated heterocycles. The Morgan fingerprint density at radius 3 is 2.69 bits per heavy atom. The standard InChI is InChI=1S/C11H14N2O3/c1-11(15-5-6-16-11)8-3-2-4-9(13-12)10(14)7-8/h2-4,7H,5-6,12H2,1H3,(H,13,14). The summed E-state index contributed by atoms with van der Waals surface area (Å²) in [5.41, 5.74) is 3.19. The topological polar surface area (TPSA) is 73.6 Å². The quantitative estimate of drug-likeness (QED) is 0.564. The van der Waals surface area contributed by atoms with Crippen LogP contribution in [-0.2, 0) is 15.3 Å². The second-order valence-corrected chi connectivity index (χ2v) is 3.69. The average Bonchev–Trinajstić information content (AvgIpc) is 2.61. The fourth-order valence-electron chi connectivity index (χ4n) is 1.68. The van der Waals surface area contributed by atoms with Crippen LogP contribution >= 0.6 is 0 Å². The number of anilines is 1. The Morgan fingerprint density at radius 2 is 2.06 bits per heavy atom. The van der Waals surface area contributed by atoms with E-state index in [-0.39, 0.29) is 5.43 Å². The van der Waals surface area contributed by atoms with Crippen molar-refractivity contribution in [1.82, 2.24) is 0 Å². The first-order valence-corrected chi connectivity index (χ1v) is 5.05. The Bertz CT molecular complexity index is 442. The number of hydrazine groups is 1. The summed E-state index contributed by atoms with van der Waals surface area (Å²) >= 11 is 0. The lowest BCUT2D eigenvalue weighted by Crippen LogP contribution is -2.23. The van der Waals surface area contributed by atoms with E-state index in [0.717, 1.165) is 0 Å². The van der Waals surface area contributed by atoms with E-state index in [1.54, 1.807) is 25.1 Å². The molecule has 0 saturated carbocycles. The molecular formula is C11H14N2O3. The second-order valence-electron chi connectivity index (χ2n) is 3.69. The van der Waals surface area contributed by atoms with E-state index in [1.165, 1.54) is 6.07 Å². The second kappa shape index (κ2) is 4.21. The van der Waals surface area contributed by atoms with Gasteiger partial charge < -0.3 is 14.9 Å². The van der Waals surface area contributed by atoms with Crippen LogP contribution in [0.2, 0.25) is 0 Å². The zero-order valence-corrected chi connectivity index (χ0v) is 9.03. The van der Waals surface area contributed by atoms with Crippen molar-refractivity contribution >= 4 is 5.69 Å². The Kier molecular flexibility index (Phi) is 2.91. The van der Waals surface area contributed by atoms with Gasteiger partial charge in [0.05, 0.1) is 18.9 Å². The highest BCUT2D eigenvalue weighted by atomic mass is 16.7. The van der Waals surface area contributed by atoms with Gasteiger partial charge in [0, 0.05) is 5.56 Å². The van der Waals surface area contributed by atoms with Crippen LogP contribution in [0.4, 0.5) is 5.69 Å². The maximum atomic E-state index is 11.7. The highest BCUT2D eigenvalue weighted by Gasteiger charge is 2.33. The molecule has 0 amide bonds. The van der Waals surface area contributed by atoms with E-state index in [1.807, 2.05) is 0 Å². The highest BCUT2D eigenvalue weighted by molar-refractivity contribution is 5.42. The minimum Gasteiger partial charge on any atom is -0.344 e. The first-order valence-electron chi connectivity index (χ1n) is 5.05. The van der Waals surface area contributed by atoms with Gasteiger partial charge in [-0.25, -0.2) is 0 Å². The molecule has 0 aromatic heterocycles. The van der Waals surface area contributed by atoms with E-state index in [2.05, 4.69) is 5.43 Å². The average molecular weight is 222 g/mol. The maximum Gasteiger partial charge on any atom is 0.203 e. The van der Waals surface area contributed by atoms with Crippen LogP contribution in [0.25, 0.3) is 0 Å². The molecule has 5 heteroatoms. The lowest BCUT2D eigenvalue weighted by Gasteiger charge is -2.21. The lowest BCUT2D eigenvalue weighted by molar-refractivity contribution is -0.149. The van der Waals surface area contributed by atoms with Crippen LogP contribution in [0, 0.1) is 0 Å². The summed E-state index contributed by atoms with van der Waals surface area (Å²) in [5, 5.41) is 0. The van der Waals surface area contributed by atoms with Crippen molar-refractivity contribution in [3.63, 3.8) is 0 Å². The van der Waals surface area contributed by atoms with Gasteiger partial charge in [0.15, 0.2) is 5.79 Å². The number of nitrogen functional groups attached to an aromatic ring is 1. The monoisotopic (exact) mass is 222 g/mol. The van der Waals surface area contributed by atoms with Gasteiger partial charge in [0.2, 0.25) is 5.43 Å². The van der Waals surface area contributed by atoms with Gasteiger partial charge in [0.25, 0.3) is 0 Å². The molecular weight excluding hydrogens is 208 g/mol. The molecule has 1 aromatic rings. The normalized spacial score (nSPS) is 18.4. The van der Waals surface area contributed by atoms with Crippen molar-refractivity contribution < 1.29 is 9.47 Å². The fraction of sp³-hybridized carbons (Fsp3) is 0.364. The molecule has 2 rings (SSSR count). The molecule has 1 fully saturated rings. The van der Waals surface area contributed by atoms with Gasteiger partial charge in [-0.05, 0) is 19.1 Å². The van der Waals surface area contributed by atoms with Gasteiger partial charge in [0.1, 0.15) is 0 Å². The van der Waals surface area contributed by atoms with Crippen molar-refractivity contribution in [3.8, 4) is 0 Å². The lowest BCUT2D eigenvalue weighted by atomic mass is 10.1. The molecule has 1 aliphatic heterocycles. The predicted octanol–water partition coefficient (Wildman–Crippen LogP) is 0.552. The van der Waals surface area contributed by atoms with Crippen LogP contribution < -0.4 is 16.7 Å². The zero-order chi connectivity index (χ0) is 11.6. The highest BCUT2D eigenvalue weighted by Crippen LogP contribution is 2.29. The molecule has 0 spiro atoms. The Hall–Kier alpha value is -1.43. The van der Waals surface area contributed by atoms with Crippen molar-refractivity contribution in [2.75, 3.05) is 18.6 Å². The van der Waals surface area contributed by atoms with Gasteiger partial charge in [-0.3, -0.25) is 10.6 Å². The zero-order valence-electron chi connectivity index (χ0n) is 9.03. The molecule has 1 aromatic carbocycles. The summed E-state index contributed by atoms with van der Waals surface area (Å²) in [5.74, 6) is 4.40. The minimum absolute atomic E-state index is 0.192. The number of hydrogen-bond donors (Lipinski definition) is 2. The summed E-state index contributed by atoms with van der Waals surface area (Å²) in [4.78, 5) is 11.7. The molecule has 1 heterocycles. The van der Waals surface area contributed by atoms with Crippen LogP contribution in [0.15, 0.2) is 29.1 Å². The summed E-state index contributed by atoms with van der Waals surface area (Å²) in [7, 11) is 0. The van der Waals surface area contributed by atoms with Crippen molar-refractivity contribution in [2.24, 2.45) is 5.84 Å². The first-order chi connectivity index (χ1) is 7.65. The molecule has 0 bridgehead atoms. The van der Waals surface area contributed by atoms with Crippen molar-refractivity contribution in [2.45, 2.75) is 12.7 Å². The van der Waals surface area contributed by atoms with Gasteiger partial charge in [-0.15, -0.1) is 0 Å². The smallest absolute Gasteiger partial charge is 0.203 e. The largest absolute Gasteiger partial charge is 0.344 e. The molecule has 16 heavy (non-hydrogen) atoms. The molecule has 86 valence electrons. The Labute approximate surface area is 93.1 Å². The van der Waals surface area contributed by atoms with Gasteiger partial charge >= 0.3 is 0 Å². The van der Waals surface area contributed by atoms with Crippen LogP contribution in [0.5, 0.6) is 0 Å². The third-order valence-corrected chi connectivity index (χ3v) is 2.61. The summed E-state index contributed by atoms with van der Waals surface area (Å²) in [6.07, 6.45) is 0. The van der Waals surface area contributed by atoms with Crippen LogP contribution in [-0.4, -0.2) is 13.2 Å². The van der Waals surface area contributed by atoms with Crippen molar-refractivity contribution in [1.29, 1.82) is 0 Å². The van der Waals surface area contributed by atoms with E-state index >= 15 is 0 Å². The number of rotatable bonds is 2. The first kappa shape index (κ1) is 11.1. The molecule has 1 aliphatic rings. The molecule has 3 N–H and O–H groups in total. The molecule has 0 radical (unpaired) electrons. The summed E-state index contributed by atoms with van der Waals surface area (Å²) < 4.78 is 11.0. The van der Waals surface area contributed by atoms with E-state index in [9.17, 15) is 4.79 Å². The minimum atomic E-state index is -0.829. The summed E-state index contributed by atoms with van der Waals surface area (Å²) in [6, 6.07) is 6.61. The van der Waals surface area contributed by atoms with E-state index in [0.29, 0.717) is 24.5 Å². The number of hydrogen-bond acceptors (Lipinski definition) is 5. The molecule has 0 atom stereocenters. The van der Waals surface area contributed by atoms with E-state index in [4.69, 9.17) is 15.3 Å². The Morgan fingerprint density at radius 1 is 1.38 bits per heavy atom. The van der Waals surface area contributed by atoms with Gasteiger partial charge in [-0.2, -0.15) is 0 Å². The van der Waals surface area contributed by atoms with Crippen molar-refractivity contribution in [3.05, 3.63) is 40.1 Å². The molecule has 5 nitrogen and oxygen atoms in total. The summed E-state index contributed by atoms with van der Waals surface area (Å²) in [6.45, 7) is 2.86. The number of ether oxygens (including phenoxy) is 2. The van der Waals surface area contributed by atoms with Gasteiger partial charge in [-0.1, -0.05) is 12.1 Å². The predicted molar refractivity (Wildman–Crippen MR) is 59.8 cm³/mol.